The van der Waals surface area contributed by atoms with E-state index < -0.39 is 5.67 Å². The molecule has 2 fully saturated rings. The molecule has 2 aliphatic heterocycles. The van der Waals surface area contributed by atoms with Crippen LogP contribution in [0.3, 0.4) is 0 Å². The number of aromatic nitrogens is 2. The Hall–Kier alpha value is -2.72. The van der Waals surface area contributed by atoms with Gasteiger partial charge in [-0.15, -0.1) is 0 Å². The molecule has 6 nitrogen and oxygen atoms in total. The summed E-state index contributed by atoms with van der Waals surface area (Å²) in [4.78, 5) is 10.9. The van der Waals surface area contributed by atoms with Crippen molar-refractivity contribution in [3.63, 3.8) is 0 Å². The number of pyridine rings is 2. The van der Waals surface area contributed by atoms with Crippen LogP contribution >= 0.6 is 0 Å². The van der Waals surface area contributed by atoms with Crippen molar-refractivity contribution in [2.75, 3.05) is 36.5 Å². The standard InChI is InChI=1S/C20H22FN5O/c1-20(21)12-26(13-20)19-10-16(15-3-6-27-7-4-15)9-18(25-19)24-17-8-14(11-22)2-5-23-17/h2,5,8-10,15H,3-4,6-7,12-13H2,1H3,(H,23,24,25). The van der Waals surface area contributed by atoms with Crippen LogP contribution in [0.2, 0.25) is 0 Å². The zero-order chi connectivity index (χ0) is 18.9. The first kappa shape index (κ1) is 17.7. The Morgan fingerprint density at radius 2 is 2.04 bits per heavy atom. The second-order valence-electron chi connectivity index (χ2n) is 7.47. The fraction of sp³-hybridized carbons (Fsp3) is 0.450. The molecule has 0 spiro atoms. The van der Waals surface area contributed by atoms with E-state index in [1.165, 1.54) is 5.56 Å². The third-order valence-electron chi connectivity index (χ3n) is 5.04. The molecule has 4 rings (SSSR count). The monoisotopic (exact) mass is 367 g/mol. The summed E-state index contributed by atoms with van der Waals surface area (Å²) in [5.74, 6) is 2.39. The van der Waals surface area contributed by atoms with E-state index in [1.54, 1.807) is 25.3 Å². The second-order valence-corrected chi connectivity index (χ2v) is 7.47. The minimum absolute atomic E-state index is 0.346. The van der Waals surface area contributed by atoms with Crippen LogP contribution < -0.4 is 10.2 Å². The van der Waals surface area contributed by atoms with E-state index in [0.717, 1.165) is 31.9 Å². The summed E-state index contributed by atoms with van der Waals surface area (Å²) in [6.07, 6.45) is 3.52. The maximum Gasteiger partial charge on any atom is 0.143 e. The first-order valence-electron chi connectivity index (χ1n) is 9.19. The SMILES string of the molecule is CC1(F)CN(c2cc(C3CCOCC3)cc(Nc3cc(C#N)ccn3)n2)C1. The van der Waals surface area contributed by atoms with Crippen molar-refractivity contribution in [3.05, 3.63) is 41.6 Å². The van der Waals surface area contributed by atoms with Crippen molar-refractivity contribution in [1.29, 1.82) is 5.26 Å². The number of nitrogens with zero attached hydrogens (tertiary/aromatic N) is 4. The molecule has 2 saturated heterocycles. The lowest BCUT2D eigenvalue weighted by Crippen LogP contribution is -2.57. The van der Waals surface area contributed by atoms with Gasteiger partial charge >= 0.3 is 0 Å². The summed E-state index contributed by atoms with van der Waals surface area (Å²) in [6.45, 7) is 3.81. The van der Waals surface area contributed by atoms with E-state index >= 15 is 0 Å². The van der Waals surface area contributed by atoms with Crippen LogP contribution in [-0.2, 0) is 4.74 Å². The average Bonchev–Trinajstić information content (AvgIpc) is 2.66. The van der Waals surface area contributed by atoms with Gasteiger partial charge in [0.05, 0.1) is 24.7 Å². The Morgan fingerprint density at radius 3 is 2.74 bits per heavy atom. The molecular formula is C20H22FN5O. The van der Waals surface area contributed by atoms with E-state index in [4.69, 9.17) is 10.00 Å². The number of rotatable bonds is 4. The molecule has 1 N–H and O–H groups in total. The molecule has 0 atom stereocenters. The highest BCUT2D eigenvalue weighted by Gasteiger charge is 2.39. The highest BCUT2D eigenvalue weighted by atomic mass is 19.1. The zero-order valence-electron chi connectivity index (χ0n) is 15.3. The summed E-state index contributed by atoms with van der Waals surface area (Å²) in [7, 11) is 0. The van der Waals surface area contributed by atoms with E-state index in [1.807, 2.05) is 11.0 Å². The first-order chi connectivity index (χ1) is 13.0. The van der Waals surface area contributed by atoms with Crippen LogP contribution in [0.25, 0.3) is 0 Å². The van der Waals surface area contributed by atoms with Gasteiger partial charge in [-0.3, -0.25) is 0 Å². The lowest BCUT2D eigenvalue weighted by molar-refractivity contribution is 0.0853. The molecule has 0 saturated carbocycles. The number of hydrogen-bond acceptors (Lipinski definition) is 6. The van der Waals surface area contributed by atoms with Gasteiger partial charge in [0.2, 0.25) is 0 Å². The Bertz CT molecular complexity index is 865. The molecule has 0 aliphatic carbocycles. The van der Waals surface area contributed by atoms with E-state index in [2.05, 4.69) is 27.4 Å². The van der Waals surface area contributed by atoms with Crippen molar-refractivity contribution in [1.82, 2.24) is 9.97 Å². The number of nitrogens with one attached hydrogen (secondary N) is 1. The summed E-state index contributed by atoms with van der Waals surface area (Å²) >= 11 is 0. The van der Waals surface area contributed by atoms with Gasteiger partial charge < -0.3 is 15.0 Å². The highest BCUT2D eigenvalue weighted by Crippen LogP contribution is 2.35. The quantitative estimate of drug-likeness (QED) is 0.891. The van der Waals surface area contributed by atoms with E-state index in [0.29, 0.717) is 36.2 Å². The molecule has 0 bridgehead atoms. The number of hydrogen-bond donors (Lipinski definition) is 1. The third-order valence-corrected chi connectivity index (χ3v) is 5.04. The minimum Gasteiger partial charge on any atom is -0.381 e. The van der Waals surface area contributed by atoms with Gasteiger partial charge in [-0.25, -0.2) is 14.4 Å². The van der Waals surface area contributed by atoms with Gasteiger partial charge in [-0.1, -0.05) is 0 Å². The van der Waals surface area contributed by atoms with Crippen LogP contribution in [0.5, 0.6) is 0 Å². The zero-order valence-corrected chi connectivity index (χ0v) is 15.3. The maximum absolute atomic E-state index is 14.0. The van der Waals surface area contributed by atoms with Gasteiger partial charge in [0.15, 0.2) is 0 Å². The molecule has 0 unspecified atom stereocenters. The van der Waals surface area contributed by atoms with Crippen molar-refractivity contribution in [2.24, 2.45) is 0 Å². The predicted molar refractivity (Wildman–Crippen MR) is 101 cm³/mol. The largest absolute Gasteiger partial charge is 0.381 e. The Labute approximate surface area is 158 Å². The number of nitriles is 1. The number of anilines is 3. The van der Waals surface area contributed by atoms with Crippen molar-refractivity contribution in [3.8, 4) is 6.07 Å². The summed E-state index contributed by atoms with van der Waals surface area (Å²) in [6, 6.07) is 9.54. The van der Waals surface area contributed by atoms with Gasteiger partial charge in [0.25, 0.3) is 0 Å². The van der Waals surface area contributed by atoms with Gasteiger partial charge in [-0.05, 0) is 55.5 Å². The minimum atomic E-state index is -1.16. The molecule has 0 radical (unpaired) electrons. The lowest BCUT2D eigenvalue weighted by Gasteiger charge is -2.43. The molecule has 7 heteroatoms. The van der Waals surface area contributed by atoms with Gasteiger partial charge in [0.1, 0.15) is 23.1 Å². The maximum atomic E-state index is 14.0. The Morgan fingerprint density at radius 1 is 1.26 bits per heavy atom. The van der Waals surface area contributed by atoms with Crippen molar-refractivity contribution < 1.29 is 9.13 Å². The number of ether oxygens (including phenoxy) is 1. The normalized spacial score (nSPS) is 19.2. The summed E-state index contributed by atoms with van der Waals surface area (Å²) < 4.78 is 19.5. The van der Waals surface area contributed by atoms with Crippen LogP contribution in [0.1, 0.15) is 36.8 Å². The average molecular weight is 367 g/mol. The molecular weight excluding hydrogens is 345 g/mol. The second kappa shape index (κ2) is 7.12. The first-order valence-corrected chi connectivity index (χ1v) is 9.19. The molecule has 27 heavy (non-hydrogen) atoms. The van der Waals surface area contributed by atoms with Crippen LogP contribution in [0, 0.1) is 11.3 Å². The van der Waals surface area contributed by atoms with Crippen LogP contribution in [-0.4, -0.2) is 41.9 Å². The fourth-order valence-corrected chi connectivity index (χ4v) is 3.64. The molecule has 2 aliphatic rings. The lowest BCUT2D eigenvalue weighted by atomic mass is 9.91. The molecule has 0 amide bonds. The topological polar surface area (TPSA) is 74.1 Å². The summed E-state index contributed by atoms with van der Waals surface area (Å²) in [5.41, 5.74) is 0.547. The Kier molecular flexibility index (Phi) is 4.66. The molecule has 2 aromatic rings. The van der Waals surface area contributed by atoms with E-state index in [9.17, 15) is 4.39 Å². The number of halogens is 1. The number of alkyl halides is 1. The fourth-order valence-electron chi connectivity index (χ4n) is 3.64. The molecule has 4 heterocycles. The van der Waals surface area contributed by atoms with Crippen LogP contribution in [0.15, 0.2) is 30.5 Å². The Balaban J connectivity index is 1.63. The van der Waals surface area contributed by atoms with Gasteiger partial charge in [-0.2, -0.15) is 5.26 Å². The van der Waals surface area contributed by atoms with Gasteiger partial charge in [0, 0.05) is 19.4 Å². The molecule has 2 aromatic heterocycles. The predicted octanol–water partition coefficient (Wildman–Crippen LogP) is 3.53. The summed E-state index contributed by atoms with van der Waals surface area (Å²) in [5, 5.41) is 12.3. The van der Waals surface area contributed by atoms with Crippen molar-refractivity contribution in [2.45, 2.75) is 31.4 Å². The highest BCUT2D eigenvalue weighted by molar-refractivity contribution is 5.59. The smallest absolute Gasteiger partial charge is 0.143 e. The van der Waals surface area contributed by atoms with E-state index in [-0.39, 0.29) is 0 Å². The molecule has 0 aromatic carbocycles. The molecule has 140 valence electrons. The van der Waals surface area contributed by atoms with Crippen LogP contribution in [0.4, 0.5) is 21.8 Å². The third kappa shape index (κ3) is 4.01. The van der Waals surface area contributed by atoms with Crippen molar-refractivity contribution >= 4 is 17.5 Å².